The lowest BCUT2D eigenvalue weighted by atomic mass is 10.0. The van der Waals surface area contributed by atoms with Crippen LogP contribution >= 0.6 is 11.6 Å². The van der Waals surface area contributed by atoms with Gasteiger partial charge in [0, 0.05) is 11.9 Å². The zero-order chi connectivity index (χ0) is 11.8. The molecular weight excluding hydrogens is 251 g/mol. The smallest absolute Gasteiger partial charge is 0.418 e. The molecule has 90 valence electrons. The van der Waals surface area contributed by atoms with Gasteiger partial charge in [-0.15, -0.1) is 0 Å². The summed E-state index contributed by atoms with van der Waals surface area (Å²) in [7, 11) is 0. The average Bonchev–Trinajstić information content (AvgIpc) is 2.05. The number of aliphatic carboxylic acids is 1. The van der Waals surface area contributed by atoms with Gasteiger partial charge < -0.3 is 15.9 Å². The van der Waals surface area contributed by atoms with E-state index in [0.29, 0.717) is 0 Å². The lowest BCUT2D eigenvalue weighted by Crippen LogP contribution is -2.26. The van der Waals surface area contributed by atoms with Crippen LogP contribution in [0.2, 0.25) is 0 Å². The van der Waals surface area contributed by atoms with Gasteiger partial charge in [-0.1, -0.05) is 18.2 Å². The fraction of sp³-hybridized carbons (Fsp3) is 0.125. The molecule has 0 bridgehead atoms. The normalized spacial score (nSPS) is 16.2. The molecule has 4 N–H and O–H groups in total. The largest absolute Gasteiger partial charge is 0.478 e. The molecule has 1 aliphatic rings. The molecule has 0 aromatic heterocycles. The zero-order valence-electron chi connectivity index (χ0n) is 7.65. The van der Waals surface area contributed by atoms with Crippen molar-refractivity contribution in [1.29, 1.82) is 0 Å². The molecule has 1 rings (SSSR count). The Bertz CT molecular complexity index is 398. The molecule has 0 amide bonds. The van der Waals surface area contributed by atoms with Crippen LogP contribution in [0.25, 0.3) is 0 Å². The fourth-order valence-electron chi connectivity index (χ4n) is 1.08. The number of allylic oxidation sites excluding steroid dienone is 2. The maximum Gasteiger partial charge on any atom is 0.418 e. The number of carboxylic acid groups (broad SMARTS) is 1. The Hall–Kier alpha value is -1.47. The van der Waals surface area contributed by atoms with Gasteiger partial charge in [-0.25, -0.2) is 4.79 Å². The van der Waals surface area contributed by atoms with Crippen molar-refractivity contribution in [2.45, 2.75) is 6.18 Å². The van der Waals surface area contributed by atoms with Crippen LogP contribution in [-0.4, -0.2) is 22.7 Å². The van der Waals surface area contributed by atoms with E-state index in [-0.39, 0.29) is 11.2 Å². The minimum absolute atomic E-state index is 0. The molecular formula is C8H7ClF3NO3. The molecule has 0 unspecified atom stereocenters. The number of alkyl halides is 3. The first-order valence-electron chi connectivity index (χ1n) is 3.61. The van der Waals surface area contributed by atoms with Crippen LogP contribution in [0.4, 0.5) is 13.2 Å². The molecule has 1 heterocycles. The Balaban J connectivity index is 0.00000225. The Morgan fingerprint density at radius 3 is 2.31 bits per heavy atom. The van der Waals surface area contributed by atoms with Crippen molar-refractivity contribution in [2.24, 2.45) is 0 Å². The molecule has 4 nitrogen and oxygen atoms in total. The van der Waals surface area contributed by atoms with Crippen molar-refractivity contribution < 1.29 is 28.5 Å². The number of hydrogen-bond acceptors (Lipinski definition) is 2. The molecule has 0 fully saturated rings. The van der Waals surface area contributed by atoms with Crippen molar-refractivity contribution in [3.8, 4) is 0 Å². The van der Waals surface area contributed by atoms with Gasteiger partial charge in [-0.05, 0) is 0 Å². The van der Waals surface area contributed by atoms with Crippen LogP contribution in [-0.2, 0) is 4.79 Å². The topological polar surface area (TPSA) is 80.8 Å². The van der Waals surface area contributed by atoms with E-state index >= 15 is 0 Å². The Morgan fingerprint density at radius 2 is 2.00 bits per heavy atom. The number of halogens is 4. The van der Waals surface area contributed by atoms with Gasteiger partial charge in [0.25, 0.3) is 0 Å². The minimum Gasteiger partial charge on any atom is -0.478 e. The SMILES string of the molecule is C=C1NC=C(Cl)C(C(F)(F)F)=C1C(=O)O.O. The van der Waals surface area contributed by atoms with Crippen molar-refractivity contribution in [2.75, 3.05) is 0 Å². The Labute approximate surface area is 93.0 Å². The summed E-state index contributed by atoms with van der Waals surface area (Å²) in [5.74, 6) is -1.73. The molecule has 8 heteroatoms. The highest BCUT2D eigenvalue weighted by Gasteiger charge is 2.42. The number of carbonyl (C=O) groups is 1. The number of nitrogens with one attached hydrogen (secondary N) is 1. The summed E-state index contributed by atoms with van der Waals surface area (Å²) in [6, 6.07) is 0. The molecule has 0 aromatic rings. The highest BCUT2D eigenvalue weighted by molar-refractivity contribution is 6.32. The molecule has 0 atom stereocenters. The molecule has 16 heavy (non-hydrogen) atoms. The summed E-state index contributed by atoms with van der Waals surface area (Å²) in [6.07, 6.45) is -3.98. The average molecular weight is 258 g/mol. The van der Waals surface area contributed by atoms with Crippen molar-refractivity contribution >= 4 is 17.6 Å². The first-order valence-corrected chi connectivity index (χ1v) is 3.99. The van der Waals surface area contributed by atoms with E-state index in [1.54, 1.807) is 0 Å². The van der Waals surface area contributed by atoms with E-state index in [0.717, 1.165) is 6.20 Å². The van der Waals surface area contributed by atoms with Crippen molar-refractivity contribution in [1.82, 2.24) is 5.32 Å². The van der Waals surface area contributed by atoms with E-state index < -0.39 is 28.3 Å². The van der Waals surface area contributed by atoms with E-state index in [1.807, 2.05) is 0 Å². The molecule has 0 spiro atoms. The molecule has 0 saturated heterocycles. The summed E-state index contributed by atoms with van der Waals surface area (Å²) in [6.45, 7) is 3.16. The lowest BCUT2D eigenvalue weighted by molar-refractivity contribution is -0.133. The summed E-state index contributed by atoms with van der Waals surface area (Å²) >= 11 is 5.29. The summed E-state index contributed by atoms with van der Waals surface area (Å²) in [4.78, 5) is 10.6. The summed E-state index contributed by atoms with van der Waals surface area (Å²) in [5, 5.41) is 10.2. The van der Waals surface area contributed by atoms with Gasteiger partial charge in [0.15, 0.2) is 0 Å². The van der Waals surface area contributed by atoms with Crippen molar-refractivity contribution in [3.05, 3.63) is 34.7 Å². The van der Waals surface area contributed by atoms with Crippen LogP contribution in [0.5, 0.6) is 0 Å². The van der Waals surface area contributed by atoms with E-state index in [2.05, 4.69) is 11.9 Å². The second kappa shape index (κ2) is 4.58. The third-order valence-corrected chi connectivity index (χ3v) is 1.96. The monoisotopic (exact) mass is 257 g/mol. The lowest BCUT2D eigenvalue weighted by Gasteiger charge is -2.20. The van der Waals surface area contributed by atoms with Crippen LogP contribution in [0.15, 0.2) is 34.7 Å². The first kappa shape index (κ1) is 14.5. The van der Waals surface area contributed by atoms with Gasteiger partial charge in [0.2, 0.25) is 0 Å². The summed E-state index contributed by atoms with van der Waals surface area (Å²) < 4.78 is 37.4. The number of carboxylic acids is 1. The van der Waals surface area contributed by atoms with Crippen LogP contribution < -0.4 is 5.32 Å². The molecule has 0 aromatic carbocycles. The predicted molar refractivity (Wildman–Crippen MR) is 50.5 cm³/mol. The van der Waals surface area contributed by atoms with Gasteiger partial charge in [-0.3, -0.25) is 0 Å². The first-order chi connectivity index (χ1) is 6.75. The molecule has 0 radical (unpaired) electrons. The van der Waals surface area contributed by atoms with Gasteiger partial charge >= 0.3 is 12.1 Å². The third-order valence-electron chi connectivity index (χ3n) is 1.66. The quantitative estimate of drug-likeness (QED) is 0.743. The fourth-order valence-corrected chi connectivity index (χ4v) is 1.33. The summed E-state index contributed by atoms with van der Waals surface area (Å²) in [5.41, 5.74) is -2.70. The number of hydrogen-bond donors (Lipinski definition) is 2. The van der Waals surface area contributed by atoms with Gasteiger partial charge in [0.1, 0.15) is 0 Å². The minimum atomic E-state index is -4.83. The molecule has 0 saturated carbocycles. The van der Waals surface area contributed by atoms with Gasteiger partial charge in [-0.2, -0.15) is 13.2 Å². The van der Waals surface area contributed by atoms with Crippen molar-refractivity contribution in [3.63, 3.8) is 0 Å². The Morgan fingerprint density at radius 1 is 1.50 bits per heavy atom. The highest BCUT2D eigenvalue weighted by Crippen LogP contribution is 2.38. The van der Waals surface area contributed by atoms with Crippen LogP contribution in [0.1, 0.15) is 0 Å². The maximum atomic E-state index is 12.5. The van der Waals surface area contributed by atoms with Crippen LogP contribution in [0, 0.1) is 0 Å². The predicted octanol–water partition coefficient (Wildman–Crippen LogP) is 1.30. The number of rotatable bonds is 1. The third kappa shape index (κ3) is 2.56. The molecule has 1 aliphatic heterocycles. The second-order valence-electron chi connectivity index (χ2n) is 2.67. The second-order valence-corrected chi connectivity index (χ2v) is 3.08. The van der Waals surface area contributed by atoms with Crippen LogP contribution in [0.3, 0.4) is 0 Å². The molecule has 0 aliphatic carbocycles. The standard InChI is InChI=1S/C8H5ClF3NO2.H2O/c1-3-5(7(14)15)6(8(10,11)12)4(9)2-13-3;/h2,13H,1H2,(H,14,15);1H2. The van der Waals surface area contributed by atoms with Gasteiger partial charge in [0.05, 0.1) is 16.2 Å². The zero-order valence-corrected chi connectivity index (χ0v) is 8.41. The Kier molecular flexibility index (Phi) is 4.16. The maximum absolute atomic E-state index is 12.5. The van der Waals surface area contributed by atoms with E-state index in [1.165, 1.54) is 0 Å². The highest BCUT2D eigenvalue weighted by atomic mass is 35.5. The van der Waals surface area contributed by atoms with E-state index in [9.17, 15) is 18.0 Å². The van der Waals surface area contributed by atoms with E-state index in [4.69, 9.17) is 16.7 Å². The number of dihydropyridines is 1.